The van der Waals surface area contributed by atoms with Gasteiger partial charge >= 0.3 is 0 Å². The molecule has 1 amide bonds. The number of carbonyl (C=O) groups excluding carboxylic acids is 1. The molecule has 0 aliphatic rings. The van der Waals surface area contributed by atoms with Crippen LogP contribution >= 0.6 is 23.2 Å². The normalized spacial score (nSPS) is 11.6. The van der Waals surface area contributed by atoms with Gasteiger partial charge in [0.1, 0.15) is 0 Å². The van der Waals surface area contributed by atoms with E-state index in [1.54, 1.807) is 19.1 Å². The second-order valence-electron chi connectivity index (χ2n) is 5.78. The lowest BCUT2D eigenvalue weighted by molar-refractivity contribution is 0.102. The highest BCUT2D eigenvalue weighted by atomic mass is 35.5. The molecule has 2 aromatic carbocycles. The van der Waals surface area contributed by atoms with Gasteiger partial charge in [-0.2, -0.15) is 0 Å². The number of halogens is 2. The van der Waals surface area contributed by atoms with E-state index < -0.39 is 15.9 Å². The molecule has 0 fully saturated rings. The van der Waals surface area contributed by atoms with Crippen LogP contribution in [-0.2, 0) is 10.0 Å². The predicted molar refractivity (Wildman–Crippen MR) is 101 cm³/mol. The van der Waals surface area contributed by atoms with Gasteiger partial charge in [0.2, 0.25) is 10.0 Å². The molecule has 2 aromatic rings. The van der Waals surface area contributed by atoms with Gasteiger partial charge in [0, 0.05) is 25.3 Å². The molecule has 0 unspecified atom stereocenters. The summed E-state index contributed by atoms with van der Waals surface area (Å²) in [6, 6.07) is 7.57. The summed E-state index contributed by atoms with van der Waals surface area (Å²) in [5.74, 6) is -0.402. The Morgan fingerprint density at radius 2 is 1.68 bits per heavy atom. The maximum absolute atomic E-state index is 12.5. The Bertz CT molecular complexity index is 941. The number of nitrogens with one attached hydrogen (secondary N) is 1. The van der Waals surface area contributed by atoms with Gasteiger partial charge in [-0.15, -0.1) is 0 Å². The largest absolute Gasteiger partial charge is 0.322 e. The van der Waals surface area contributed by atoms with Gasteiger partial charge in [0.25, 0.3) is 5.91 Å². The average molecular weight is 401 g/mol. The lowest BCUT2D eigenvalue weighted by Gasteiger charge is -2.16. The van der Waals surface area contributed by atoms with Gasteiger partial charge in [-0.25, -0.2) is 12.7 Å². The van der Waals surface area contributed by atoms with Crippen molar-refractivity contribution in [2.45, 2.75) is 18.7 Å². The van der Waals surface area contributed by atoms with E-state index in [1.165, 1.54) is 32.3 Å². The Labute approximate surface area is 157 Å². The van der Waals surface area contributed by atoms with Gasteiger partial charge in [-0.3, -0.25) is 4.79 Å². The molecular formula is C17H18Cl2N2O3S. The van der Waals surface area contributed by atoms with E-state index in [2.05, 4.69) is 5.32 Å². The summed E-state index contributed by atoms with van der Waals surface area (Å²) < 4.78 is 25.9. The van der Waals surface area contributed by atoms with Crippen LogP contribution in [0.5, 0.6) is 0 Å². The first-order chi connectivity index (χ1) is 11.5. The minimum atomic E-state index is -3.61. The molecule has 0 atom stereocenters. The first-order valence-corrected chi connectivity index (χ1v) is 9.54. The number of nitrogens with zero attached hydrogens (tertiary/aromatic N) is 1. The van der Waals surface area contributed by atoms with E-state index in [0.29, 0.717) is 16.3 Å². The monoisotopic (exact) mass is 400 g/mol. The molecule has 0 aromatic heterocycles. The number of carbonyl (C=O) groups is 1. The molecule has 0 saturated heterocycles. The molecule has 1 N–H and O–H groups in total. The zero-order valence-corrected chi connectivity index (χ0v) is 16.6. The van der Waals surface area contributed by atoms with Crippen molar-refractivity contribution >= 4 is 44.8 Å². The third kappa shape index (κ3) is 4.15. The SMILES string of the molecule is Cc1cc(S(=O)(=O)N(C)C)cc(NC(=O)c2ccc(Cl)c(Cl)c2)c1C. The Kier molecular flexibility index (Phi) is 5.79. The number of hydrogen-bond acceptors (Lipinski definition) is 3. The van der Waals surface area contributed by atoms with Crippen molar-refractivity contribution in [2.75, 3.05) is 19.4 Å². The third-order valence-electron chi connectivity index (χ3n) is 3.85. The van der Waals surface area contributed by atoms with E-state index >= 15 is 0 Å². The first-order valence-electron chi connectivity index (χ1n) is 7.34. The molecule has 0 aliphatic heterocycles. The van der Waals surface area contributed by atoms with Crippen molar-refractivity contribution in [3.05, 3.63) is 57.1 Å². The van der Waals surface area contributed by atoms with Crippen molar-refractivity contribution < 1.29 is 13.2 Å². The zero-order chi connectivity index (χ0) is 18.9. The van der Waals surface area contributed by atoms with Crippen LogP contribution in [-0.4, -0.2) is 32.7 Å². The maximum Gasteiger partial charge on any atom is 0.255 e. The van der Waals surface area contributed by atoms with Crippen LogP contribution in [0.15, 0.2) is 35.2 Å². The van der Waals surface area contributed by atoms with E-state index in [-0.39, 0.29) is 9.92 Å². The van der Waals surface area contributed by atoms with E-state index in [9.17, 15) is 13.2 Å². The minimum absolute atomic E-state index is 0.116. The second kappa shape index (κ2) is 7.33. The molecule has 0 radical (unpaired) electrons. The Morgan fingerprint density at radius 1 is 1.04 bits per heavy atom. The number of anilines is 1. The highest BCUT2D eigenvalue weighted by molar-refractivity contribution is 7.89. The number of amides is 1. The molecule has 0 spiro atoms. The molecule has 8 heteroatoms. The van der Waals surface area contributed by atoms with Crippen LogP contribution in [0.1, 0.15) is 21.5 Å². The number of aryl methyl sites for hydroxylation is 1. The topological polar surface area (TPSA) is 66.5 Å². The molecule has 0 heterocycles. The minimum Gasteiger partial charge on any atom is -0.322 e. The molecule has 0 saturated carbocycles. The van der Waals surface area contributed by atoms with Gasteiger partial charge in [-0.05, 0) is 55.3 Å². The summed E-state index contributed by atoms with van der Waals surface area (Å²) >= 11 is 11.8. The van der Waals surface area contributed by atoms with Crippen LogP contribution < -0.4 is 5.32 Å². The summed E-state index contributed by atoms with van der Waals surface area (Å²) in [6.07, 6.45) is 0. The fourth-order valence-electron chi connectivity index (χ4n) is 2.15. The summed E-state index contributed by atoms with van der Waals surface area (Å²) in [6.45, 7) is 3.60. The fourth-order valence-corrected chi connectivity index (χ4v) is 3.46. The number of hydrogen-bond donors (Lipinski definition) is 1. The summed E-state index contributed by atoms with van der Waals surface area (Å²) in [7, 11) is -0.694. The molecule has 134 valence electrons. The average Bonchev–Trinajstić information content (AvgIpc) is 2.53. The van der Waals surface area contributed by atoms with Crippen LogP contribution in [0.4, 0.5) is 5.69 Å². The van der Waals surface area contributed by atoms with Crippen molar-refractivity contribution in [1.29, 1.82) is 0 Å². The van der Waals surface area contributed by atoms with Crippen LogP contribution in [0, 0.1) is 13.8 Å². The number of sulfonamides is 1. The van der Waals surface area contributed by atoms with Crippen molar-refractivity contribution in [1.82, 2.24) is 4.31 Å². The maximum atomic E-state index is 12.5. The highest BCUT2D eigenvalue weighted by Crippen LogP contribution is 2.27. The summed E-state index contributed by atoms with van der Waals surface area (Å²) in [4.78, 5) is 12.6. The summed E-state index contributed by atoms with van der Waals surface area (Å²) in [5.41, 5.74) is 2.29. The van der Waals surface area contributed by atoms with Gasteiger partial charge < -0.3 is 5.32 Å². The Balaban J connectivity index is 2.43. The van der Waals surface area contributed by atoms with Crippen molar-refractivity contribution in [3.8, 4) is 0 Å². The van der Waals surface area contributed by atoms with E-state index in [4.69, 9.17) is 23.2 Å². The zero-order valence-electron chi connectivity index (χ0n) is 14.2. The fraction of sp³-hybridized carbons (Fsp3) is 0.235. The number of benzene rings is 2. The predicted octanol–water partition coefficient (Wildman–Crippen LogP) is 4.11. The van der Waals surface area contributed by atoms with Crippen molar-refractivity contribution in [2.24, 2.45) is 0 Å². The first kappa shape index (κ1) is 19.7. The van der Waals surface area contributed by atoms with Gasteiger partial charge in [-0.1, -0.05) is 23.2 Å². The van der Waals surface area contributed by atoms with Crippen LogP contribution in [0.2, 0.25) is 10.0 Å². The molecular weight excluding hydrogens is 383 g/mol. The quantitative estimate of drug-likeness (QED) is 0.839. The Hall–Kier alpha value is -1.60. The molecule has 0 bridgehead atoms. The lowest BCUT2D eigenvalue weighted by atomic mass is 10.1. The van der Waals surface area contributed by atoms with Gasteiger partial charge in [0.15, 0.2) is 0 Å². The lowest BCUT2D eigenvalue weighted by Crippen LogP contribution is -2.23. The standard InChI is InChI=1S/C17H18Cl2N2O3S/c1-10-7-13(25(23,24)21(3)4)9-16(11(10)2)20-17(22)12-5-6-14(18)15(19)8-12/h5-9H,1-4H3,(H,20,22). The second-order valence-corrected chi connectivity index (χ2v) is 8.75. The molecule has 25 heavy (non-hydrogen) atoms. The number of rotatable bonds is 4. The third-order valence-corrected chi connectivity index (χ3v) is 6.38. The van der Waals surface area contributed by atoms with E-state index in [0.717, 1.165) is 15.4 Å². The molecule has 0 aliphatic carbocycles. The highest BCUT2D eigenvalue weighted by Gasteiger charge is 2.20. The van der Waals surface area contributed by atoms with E-state index in [1.807, 2.05) is 6.92 Å². The van der Waals surface area contributed by atoms with Crippen LogP contribution in [0.25, 0.3) is 0 Å². The summed E-state index contributed by atoms with van der Waals surface area (Å²) in [5, 5.41) is 3.36. The molecule has 5 nitrogen and oxygen atoms in total. The van der Waals surface area contributed by atoms with Gasteiger partial charge in [0.05, 0.1) is 14.9 Å². The smallest absolute Gasteiger partial charge is 0.255 e. The van der Waals surface area contributed by atoms with Crippen molar-refractivity contribution in [3.63, 3.8) is 0 Å². The Morgan fingerprint density at radius 3 is 2.24 bits per heavy atom. The molecule has 2 rings (SSSR count). The van der Waals surface area contributed by atoms with Crippen LogP contribution in [0.3, 0.4) is 0 Å².